The number of imidazole rings is 1. The van der Waals surface area contributed by atoms with E-state index in [1.807, 2.05) is 18.2 Å². The van der Waals surface area contributed by atoms with Crippen molar-refractivity contribution in [3.8, 4) is 0 Å². The van der Waals surface area contributed by atoms with E-state index < -0.39 is 5.97 Å². The van der Waals surface area contributed by atoms with Gasteiger partial charge in [0, 0.05) is 18.1 Å². The molecular formula is C19H17N5O2. The number of aromatic carboxylic acids is 1. The Labute approximate surface area is 149 Å². The largest absolute Gasteiger partial charge is 0.477 e. The van der Waals surface area contributed by atoms with Gasteiger partial charge in [0.25, 0.3) is 0 Å². The van der Waals surface area contributed by atoms with Crippen molar-refractivity contribution in [1.82, 2.24) is 19.4 Å². The molecule has 2 N–H and O–H groups in total. The minimum Gasteiger partial charge on any atom is -0.477 e. The number of carboxylic acids is 1. The summed E-state index contributed by atoms with van der Waals surface area (Å²) in [7, 11) is 0. The Morgan fingerprint density at radius 1 is 1.23 bits per heavy atom. The molecule has 0 atom stereocenters. The van der Waals surface area contributed by atoms with E-state index >= 15 is 0 Å². The first-order valence-electron chi connectivity index (χ1n) is 8.26. The smallest absolute Gasteiger partial charge is 0.354 e. The molecule has 0 aliphatic heterocycles. The molecule has 7 heteroatoms. The minimum absolute atomic E-state index is 0.0424. The maximum absolute atomic E-state index is 11.6. The van der Waals surface area contributed by atoms with Gasteiger partial charge in [0.2, 0.25) is 5.95 Å². The molecule has 130 valence electrons. The Morgan fingerprint density at radius 2 is 2.08 bits per heavy atom. The zero-order valence-corrected chi connectivity index (χ0v) is 14.3. The predicted octanol–water partition coefficient (Wildman–Crippen LogP) is 3.84. The average Bonchev–Trinajstić information content (AvgIpc) is 3.08. The number of carboxylic acid groups (broad SMARTS) is 1. The molecule has 0 radical (unpaired) electrons. The summed E-state index contributed by atoms with van der Waals surface area (Å²) in [5.74, 6) is -0.286. The van der Waals surface area contributed by atoms with Crippen LogP contribution in [-0.2, 0) is 0 Å². The standard InChI is InChI=1S/C19H17N5O2/c1-11(2)12-4-3-5-13(8-12)22-19-23-15-6-7-20-9-14(15)17-21-10-16(18(25)26)24(17)19/h3-11H,1-2H3,(H,22,23)(H,25,26). The second-order valence-electron chi connectivity index (χ2n) is 6.34. The van der Waals surface area contributed by atoms with Crippen LogP contribution in [0.5, 0.6) is 0 Å². The maximum atomic E-state index is 11.6. The van der Waals surface area contributed by atoms with Crippen LogP contribution in [0.3, 0.4) is 0 Å². The summed E-state index contributed by atoms with van der Waals surface area (Å²) in [6, 6.07) is 9.76. The number of rotatable bonds is 4. The molecule has 3 aromatic heterocycles. The molecular weight excluding hydrogens is 330 g/mol. The van der Waals surface area contributed by atoms with Crippen molar-refractivity contribution in [3.63, 3.8) is 0 Å². The summed E-state index contributed by atoms with van der Waals surface area (Å²) in [4.78, 5) is 24.6. The highest BCUT2D eigenvalue weighted by molar-refractivity contribution is 5.95. The summed E-state index contributed by atoms with van der Waals surface area (Å²) in [6.45, 7) is 4.24. The normalized spacial score (nSPS) is 11.3. The minimum atomic E-state index is -1.07. The maximum Gasteiger partial charge on any atom is 0.354 e. The van der Waals surface area contributed by atoms with Crippen LogP contribution in [0, 0.1) is 0 Å². The van der Waals surface area contributed by atoms with Crippen LogP contribution >= 0.6 is 0 Å². The number of nitrogens with one attached hydrogen (secondary N) is 1. The van der Waals surface area contributed by atoms with Crippen molar-refractivity contribution in [3.05, 3.63) is 60.2 Å². The zero-order valence-electron chi connectivity index (χ0n) is 14.3. The molecule has 0 saturated carbocycles. The van der Waals surface area contributed by atoms with Crippen molar-refractivity contribution in [1.29, 1.82) is 0 Å². The number of fused-ring (bicyclic) bond motifs is 3. The first kappa shape index (κ1) is 16.0. The molecule has 0 unspecified atom stereocenters. The lowest BCUT2D eigenvalue weighted by Gasteiger charge is -2.13. The third kappa shape index (κ3) is 2.63. The number of benzene rings is 1. The summed E-state index contributed by atoms with van der Waals surface area (Å²) >= 11 is 0. The van der Waals surface area contributed by atoms with E-state index in [2.05, 4.69) is 40.2 Å². The highest BCUT2D eigenvalue weighted by Crippen LogP contribution is 2.26. The molecule has 4 aromatic rings. The molecule has 0 aliphatic carbocycles. The lowest BCUT2D eigenvalue weighted by atomic mass is 10.0. The molecule has 3 heterocycles. The highest BCUT2D eigenvalue weighted by atomic mass is 16.4. The third-order valence-corrected chi connectivity index (χ3v) is 4.27. The Kier molecular flexibility index (Phi) is 3.76. The monoisotopic (exact) mass is 347 g/mol. The van der Waals surface area contributed by atoms with Crippen LogP contribution in [0.15, 0.2) is 48.9 Å². The molecule has 0 bridgehead atoms. The fourth-order valence-corrected chi connectivity index (χ4v) is 2.92. The third-order valence-electron chi connectivity index (χ3n) is 4.27. The van der Waals surface area contributed by atoms with E-state index in [0.29, 0.717) is 28.4 Å². The molecule has 4 rings (SSSR count). The van der Waals surface area contributed by atoms with Crippen LogP contribution in [0.2, 0.25) is 0 Å². The molecule has 0 fully saturated rings. The lowest BCUT2D eigenvalue weighted by molar-refractivity contribution is 0.0689. The molecule has 0 aliphatic rings. The van der Waals surface area contributed by atoms with Gasteiger partial charge in [-0.1, -0.05) is 26.0 Å². The van der Waals surface area contributed by atoms with Gasteiger partial charge in [-0.15, -0.1) is 0 Å². The van der Waals surface area contributed by atoms with Gasteiger partial charge in [-0.05, 0) is 29.7 Å². The molecule has 0 spiro atoms. The van der Waals surface area contributed by atoms with Crippen LogP contribution in [0.4, 0.5) is 11.6 Å². The Hall–Kier alpha value is -3.48. The fraction of sp³-hybridized carbons (Fsp3) is 0.158. The molecule has 7 nitrogen and oxygen atoms in total. The number of carbonyl (C=O) groups is 1. The predicted molar refractivity (Wildman–Crippen MR) is 99.1 cm³/mol. The van der Waals surface area contributed by atoms with Gasteiger partial charge in [-0.2, -0.15) is 0 Å². The highest BCUT2D eigenvalue weighted by Gasteiger charge is 2.18. The molecule has 1 aromatic carbocycles. The first-order chi connectivity index (χ1) is 12.5. The number of hydrogen-bond donors (Lipinski definition) is 2. The van der Waals surface area contributed by atoms with Crippen LogP contribution in [0.1, 0.15) is 35.8 Å². The number of anilines is 2. The van der Waals surface area contributed by atoms with E-state index in [1.165, 1.54) is 16.2 Å². The fourth-order valence-electron chi connectivity index (χ4n) is 2.92. The lowest BCUT2D eigenvalue weighted by Crippen LogP contribution is -2.08. The number of nitrogens with zero attached hydrogens (tertiary/aromatic N) is 4. The Morgan fingerprint density at radius 3 is 2.85 bits per heavy atom. The van der Waals surface area contributed by atoms with E-state index in [9.17, 15) is 9.90 Å². The zero-order chi connectivity index (χ0) is 18.3. The van der Waals surface area contributed by atoms with Crippen molar-refractivity contribution < 1.29 is 9.90 Å². The van der Waals surface area contributed by atoms with E-state index in [1.54, 1.807) is 18.5 Å². The summed E-state index contributed by atoms with van der Waals surface area (Å²) < 4.78 is 1.51. The SMILES string of the molecule is CC(C)c1cccc(Nc2nc3ccncc3c3ncc(C(=O)O)n23)c1. The topological polar surface area (TPSA) is 92.4 Å². The summed E-state index contributed by atoms with van der Waals surface area (Å²) in [6.07, 6.45) is 4.62. The van der Waals surface area contributed by atoms with Gasteiger partial charge in [0.15, 0.2) is 11.3 Å². The number of aromatic nitrogens is 4. The second-order valence-corrected chi connectivity index (χ2v) is 6.34. The Balaban J connectivity index is 1.94. The van der Waals surface area contributed by atoms with Crippen molar-refractivity contribution in [2.75, 3.05) is 5.32 Å². The van der Waals surface area contributed by atoms with Gasteiger partial charge < -0.3 is 10.4 Å². The quantitative estimate of drug-likeness (QED) is 0.583. The summed E-state index contributed by atoms with van der Waals surface area (Å²) in [5, 5.41) is 13.5. The van der Waals surface area contributed by atoms with Crippen LogP contribution in [-0.4, -0.2) is 30.4 Å². The van der Waals surface area contributed by atoms with Gasteiger partial charge in [-0.3, -0.25) is 9.38 Å². The van der Waals surface area contributed by atoms with Gasteiger partial charge in [0.05, 0.1) is 17.1 Å². The van der Waals surface area contributed by atoms with Crippen LogP contribution in [0.25, 0.3) is 16.6 Å². The van der Waals surface area contributed by atoms with E-state index in [4.69, 9.17) is 0 Å². The first-order valence-corrected chi connectivity index (χ1v) is 8.26. The molecule has 0 amide bonds. The van der Waals surface area contributed by atoms with Crippen LogP contribution < -0.4 is 5.32 Å². The number of pyridine rings is 1. The summed E-state index contributed by atoms with van der Waals surface area (Å²) in [5.41, 5.74) is 3.25. The van der Waals surface area contributed by atoms with Gasteiger partial charge in [0.1, 0.15) is 0 Å². The van der Waals surface area contributed by atoms with Gasteiger partial charge in [-0.25, -0.2) is 14.8 Å². The Bertz CT molecular complexity index is 1130. The van der Waals surface area contributed by atoms with Crippen molar-refractivity contribution >= 4 is 34.2 Å². The van der Waals surface area contributed by atoms with Gasteiger partial charge >= 0.3 is 5.97 Å². The van der Waals surface area contributed by atoms with E-state index in [0.717, 1.165) is 5.69 Å². The molecule has 0 saturated heterocycles. The second kappa shape index (κ2) is 6.11. The van der Waals surface area contributed by atoms with Crippen molar-refractivity contribution in [2.24, 2.45) is 0 Å². The average molecular weight is 347 g/mol. The number of hydrogen-bond acceptors (Lipinski definition) is 5. The molecule has 26 heavy (non-hydrogen) atoms. The van der Waals surface area contributed by atoms with E-state index in [-0.39, 0.29) is 5.69 Å². The van der Waals surface area contributed by atoms with Crippen molar-refractivity contribution in [2.45, 2.75) is 19.8 Å².